The normalized spacial score (nSPS) is 14.8. The van der Waals surface area contributed by atoms with E-state index in [4.69, 9.17) is 5.11 Å². The van der Waals surface area contributed by atoms with Crippen LogP contribution in [0, 0.1) is 0 Å². The molecule has 1 aliphatic rings. The first-order valence-corrected chi connectivity index (χ1v) is 6.24. The van der Waals surface area contributed by atoms with Crippen LogP contribution in [0.1, 0.15) is 30.3 Å². The molecule has 1 heterocycles. The Hall–Kier alpha value is -1.69. The van der Waals surface area contributed by atoms with E-state index in [-0.39, 0.29) is 5.69 Å². The molecule has 0 aromatic carbocycles. The SMILES string of the molecule is CCN(CCNc1cnc(C(=O)O)cn1)C1CC1. The molecule has 0 unspecified atom stereocenters. The maximum Gasteiger partial charge on any atom is 0.356 e. The first kappa shape index (κ1) is 12.8. The molecule has 0 aliphatic heterocycles. The van der Waals surface area contributed by atoms with E-state index < -0.39 is 5.97 Å². The second kappa shape index (κ2) is 5.77. The molecule has 18 heavy (non-hydrogen) atoms. The van der Waals surface area contributed by atoms with Gasteiger partial charge < -0.3 is 10.4 Å². The van der Waals surface area contributed by atoms with Gasteiger partial charge in [0.15, 0.2) is 5.69 Å². The van der Waals surface area contributed by atoms with Crippen LogP contribution >= 0.6 is 0 Å². The quantitative estimate of drug-likeness (QED) is 0.753. The predicted molar refractivity (Wildman–Crippen MR) is 67.8 cm³/mol. The van der Waals surface area contributed by atoms with Crippen LogP contribution in [0.5, 0.6) is 0 Å². The molecule has 2 rings (SSSR count). The molecule has 0 amide bonds. The van der Waals surface area contributed by atoms with E-state index in [9.17, 15) is 4.79 Å². The molecule has 0 spiro atoms. The Morgan fingerprint density at radius 3 is 2.78 bits per heavy atom. The average molecular weight is 250 g/mol. The van der Waals surface area contributed by atoms with E-state index in [1.54, 1.807) is 0 Å². The highest BCUT2D eigenvalue weighted by Gasteiger charge is 2.27. The van der Waals surface area contributed by atoms with Crippen LogP contribution in [0.3, 0.4) is 0 Å². The van der Waals surface area contributed by atoms with Crippen molar-refractivity contribution < 1.29 is 9.90 Å². The lowest BCUT2D eigenvalue weighted by Crippen LogP contribution is -2.31. The highest BCUT2D eigenvalue weighted by atomic mass is 16.4. The molecule has 1 aromatic heterocycles. The van der Waals surface area contributed by atoms with Crippen molar-refractivity contribution in [3.63, 3.8) is 0 Å². The number of aromatic nitrogens is 2. The number of hydrogen-bond acceptors (Lipinski definition) is 5. The van der Waals surface area contributed by atoms with Crippen molar-refractivity contribution in [1.29, 1.82) is 0 Å². The Balaban J connectivity index is 1.77. The van der Waals surface area contributed by atoms with Gasteiger partial charge in [-0.1, -0.05) is 6.92 Å². The third-order valence-corrected chi connectivity index (χ3v) is 3.05. The Bertz CT molecular complexity index is 403. The third kappa shape index (κ3) is 3.40. The number of carboxylic acids is 1. The maximum absolute atomic E-state index is 10.6. The number of carboxylic acid groups (broad SMARTS) is 1. The van der Waals surface area contributed by atoms with Crippen molar-refractivity contribution >= 4 is 11.8 Å². The van der Waals surface area contributed by atoms with Crippen LogP contribution in [-0.2, 0) is 0 Å². The van der Waals surface area contributed by atoms with Crippen molar-refractivity contribution in [2.45, 2.75) is 25.8 Å². The molecule has 0 radical (unpaired) electrons. The van der Waals surface area contributed by atoms with Gasteiger partial charge in [-0.2, -0.15) is 0 Å². The molecule has 1 aliphatic carbocycles. The van der Waals surface area contributed by atoms with Crippen molar-refractivity contribution in [3.8, 4) is 0 Å². The number of nitrogens with zero attached hydrogens (tertiary/aromatic N) is 3. The van der Waals surface area contributed by atoms with Gasteiger partial charge in [0, 0.05) is 19.1 Å². The minimum Gasteiger partial charge on any atom is -0.476 e. The number of nitrogens with one attached hydrogen (secondary N) is 1. The largest absolute Gasteiger partial charge is 0.476 e. The van der Waals surface area contributed by atoms with E-state index in [0.717, 1.165) is 25.7 Å². The fourth-order valence-electron chi connectivity index (χ4n) is 1.90. The van der Waals surface area contributed by atoms with Crippen molar-refractivity contribution in [1.82, 2.24) is 14.9 Å². The lowest BCUT2D eigenvalue weighted by Gasteiger charge is -2.19. The number of hydrogen-bond donors (Lipinski definition) is 2. The number of anilines is 1. The molecule has 0 bridgehead atoms. The van der Waals surface area contributed by atoms with Gasteiger partial charge in [-0.25, -0.2) is 14.8 Å². The van der Waals surface area contributed by atoms with Gasteiger partial charge in [-0.15, -0.1) is 0 Å². The summed E-state index contributed by atoms with van der Waals surface area (Å²) in [6, 6.07) is 0.761. The summed E-state index contributed by atoms with van der Waals surface area (Å²) in [7, 11) is 0. The molecule has 1 fully saturated rings. The summed E-state index contributed by atoms with van der Waals surface area (Å²) in [6.45, 7) is 5.00. The highest BCUT2D eigenvalue weighted by Crippen LogP contribution is 2.25. The molecule has 0 saturated heterocycles. The van der Waals surface area contributed by atoms with E-state index in [1.807, 2.05) is 0 Å². The molecular weight excluding hydrogens is 232 g/mol. The Kier molecular flexibility index (Phi) is 4.09. The topological polar surface area (TPSA) is 78.4 Å². The first-order valence-electron chi connectivity index (χ1n) is 6.24. The molecule has 98 valence electrons. The minimum atomic E-state index is -1.06. The molecule has 6 nitrogen and oxygen atoms in total. The average Bonchev–Trinajstić information content (AvgIpc) is 3.19. The second-order valence-corrected chi connectivity index (χ2v) is 4.38. The standard InChI is InChI=1S/C12H18N4O2/c1-2-16(9-3-4-9)6-5-13-11-8-14-10(7-15-11)12(17)18/h7-9H,2-6H2,1H3,(H,13,15)(H,17,18). The van der Waals surface area contributed by atoms with Crippen LogP contribution in [-0.4, -0.2) is 51.6 Å². The number of aromatic carboxylic acids is 1. The van der Waals surface area contributed by atoms with Gasteiger partial charge in [0.1, 0.15) is 5.82 Å². The van der Waals surface area contributed by atoms with Crippen LogP contribution in [0.25, 0.3) is 0 Å². The zero-order chi connectivity index (χ0) is 13.0. The van der Waals surface area contributed by atoms with E-state index in [0.29, 0.717) is 5.82 Å². The summed E-state index contributed by atoms with van der Waals surface area (Å²) in [5, 5.41) is 11.8. The summed E-state index contributed by atoms with van der Waals surface area (Å²) < 4.78 is 0. The lowest BCUT2D eigenvalue weighted by molar-refractivity contribution is 0.0690. The van der Waals surface area contributed by atoms with Gasteiger partial charge in [-0.3, -0.25) is 4.90 Å². The summed E-state index contributed by atoms with van der Waals surface area (Å²) in [6.07, 6.45) is 5.34. The first-order chi connectivity index (χ1) is 8.70. The number of likely N-dealkylation sites (N-methyl/N-ethyl adjacent to an activating group) is 1. The lowest BCUT2D eigenvalue weighted by atomic mass is 10.4. The van der Waals surface area contributed by atoms with Crippen molar-refractivity contribution in [3.05, 3.63) is 18.1 Å². The molecule has 6 heteroatoms. The van der Waals surface area contributed by atoms with Gasteiger partial charge in [0.05, 0.1) is 12.4 Å². The summed E-state index contributed by atoms with van der Waals surface area (Å²) >= 11 is 0. The third-order valence-electron chi connectivity index (χ3n) is 3.05. The summed E-state index contributed by atoms with van der Waals surface area (Å²) in [5.41, 5.74) is -0.0336. The van der Waals surface area contributed by atoms with Crippen molar-refractivity contribution in [2.24, 2.45) is 0 Å². The second-order valence-electron chi connectivity index (χ2n) is 4.38. The zero-order valence-corrected chi connectivity index (χ0v) is 10.5. The van der Waals surface area contributed by atoms with Crippen molar-refractivity contribution in [2.75, 3.05) is 25.0 Å². The Labute approximate surface area is 106 Å². The van der Waals surface area contributed by atoms with Crippen LogP contribution in [0.4, 0.5) is 5.82 Å². The van der Waals surface area contributed by atoms with Gasteiger partial charge in [0.2, 0.25) is 0 Å². The zero-order valence-electron chi connectivity index (χ0n) is 10.5. The van der Waals surface area contributed by atoms with E-state index in [1.165, 1.54) is 25.2 Å². The van der Waals surface area contributed by atoms with E-state index >= 15 is 0 Å². The summed E-state index contributed by atoms with van der Waals surface area (Å²) in [4.78, 5) is 20.9. The van der Waals surface area contributed by atoms with Crippen LogP contribution in [0.15, 0.2) is 12.4 Å². The Morgan fingerprint density at radius 1 is 1.50 bits per heavy atom. The number of carbonyl (C=O) groups is 1. The number of rotatable bonds is 7. The smallest absolute Gasteiger partial charge is 0.356 e. The fraction of sp³-hybridized carbons (Fsp3) is 0.583. The van der Waals surface area contributed by atoms with E-state index in [2.05, 4.69) is 27.1 Å². The van der Waals surface area contributed by atoms with Crippen LogP contribution in [0.2, 0.25) is 0 Å². The molecular formula is C12H18N4O2. The molecule has 0 atom stereocenters. The van der Waals surface area contributed by atoms with Crippen LogP contribution < -0.4 is 5.32 Å². The summed E-state index contributed by atoms with van der Waals surface area (Å²) in [5.74, 6) is -0.438. The van der Waals surface area contributed by atoms with Gasteiger partial charge in [-0.05, 0) is 19.4 Å². The highest BCUT2D eigenvalue weighted by molar-refractivity contribution is 5.84. The van der Waals surface area contributed by atoms with Gasteiger partial charge in [0.25, 0.3) is 0 Å². The molecule has 1 aromatic rings. The molecule has 2 N–H and O–H groups in total. The predicted octanol–water partition coefficient (Wildman–Crippen LogP) is 1.07. The maximum atomic E-state index is 10.6. The monoisotopic (exact) mass is 250 g/mol. The molecule has 1 saturated carbocycles. The minimum absolute atomic E-state index is 0.0336. The Morgan fingerprint density at radius 2 is 2.28 bits per heavy atom. The fourth-order valence-corrected chi connectivity index (χ4v) is 1.90. The van der Waals surface area contributed by atoms with Gasteiger partial charge >= 0.3 is 5.97 Å².